The maximum absolute atomic E-state index is 12.2. The number of aromatic nitrogens is 1. The number of amides is 1. The Morgan fingerprint density at radius 2 is 2.12 bits per heavy atom. The van der Waals surface area contributed by atoms with E-state index in [1.165, 1.54) is 19.3 Å². The number of carbonyl (C=O) groups is 1. The molecule has 1 N–H and O–H groups in total. The van der Waals surface area contributed by atoms with Gasteiger partial charge in [-0.1, -0.05) is 32.4 Å². The van der Waals surface area contributed by atoms with Crippen molar-refractivity contribution in [2.75, 3.05) is 0 Å². The predicted octanol–water partition coefficient (Wildman–Crippen LogP) is 4.84. The number of carbonyl (C=O) groups excluding carboxylic acids is 1. The van der Waals surface area contributed by atoms with Crippen molar-refractivity contribution < 1.29 is 9.53 Å². The van der Waals surface area contributed by atoms with Crippen LogP contribution < -0.4 is 10.1 Å². The number of nitrogens with one attached hydrogen (secondary N) is 1. The van der Waals surface area contributed by atoms with Crippen molar-refractivity contribution in [3.8, 4) is 5.75 Å². The van der Waals surface area contributed by atoms with E-state index >= 15 is 0 Å². The summed E-state index contributed by atoms with van der Waals surface area (Å²) in [4.78, 5) is 16.7. The average Bonchev–Trinajstić information content (AvgIpc) is 3.10. The number of rotatable bonds is 7. The van der Waals surface area contributed by atoms with E-state index in [0.717, 1.165) is 34.9 Å². The Morgan fingerprint density at radius 3 is 2.85 bits per heavy atom. The van der Waals surface area contributed by atoms with E-state index in [-0.39, 0.29) is 5.91 Å². The van der Waals surface area contributed by atoms with Gasteiger partial charge in [0.1, 0.15) is 5.75 Å². The molecule has 0 unspecified atom stereocenters. The van der Waals surface area contributed by atoms with Crippen LogP contribution in [-0.2, 0) is 17.8 Å². The minimum atomic E-state index is 0.00390. The maximum atomic E-state index is 12.2. The van der Waals surface area contributed by atoms with Crippen molar-refractivity contribution in [1.29, 1.82) is 0 Å². The molecule has 5 heteroatoms. The Kier molecular flexibility index (Phi) is 6.67. The summed E-state index contributed by atoms with van der Waals surface area (Å²) in [7, 11) is 0. The van der Waals surface area contributed by atoms with Gasteiger partial charge in [-0.15, -0.1) is 11.3 Å². The van der Waals surface area contributed by atoms with Gasteiger partial charge >= 0.3 is 0 Å². The topological polar surface area (TPSA) is 51.2 Å². The zero-order chi connectivity index (χ0) is 18.4. The summed E-state index contributed by atoms with van der Waals surface area (Å²) in [6.07, 6.45) is 6.81. The van der Waals surface area contributed by atoms with Crippen LogP contribution in [0.3, 0.4) is 0 Å². The highest BCUT2D eigenvalue weighted by atomic mass is 32.1. The lowest BCUT2D eigenvalue weighted by Crippen LogP contribution is -2.24. The molecule has 140 valence electrons. The van der Waals surface area contributed by atoms with E-state index in [2.05, 4.69) is 24.1 Å². The molecule has 26 heavy (non-hydrogen) atoms. The largest absolute Gasteiger partial charge is 0.490 e. The van der Waals surface area contributed by atoms with Gasteiger partial charge in [0.2, 0.25) is 5.91 Å². The van der Waals surface area contributed by atoms with Crippen LogP contribution in [0.15, 0.2) is 29.6 Å². The summed E-state index contributed by atoms with van der Waals surface area (Å²) < 4.78 is 6.10. The lowest BCUT2D eigenvalue weighted by atomic mass is 9.98. The molecule has 0 radical (unpaired) electrons. The van der Waals surface area contributed by atoms with Crippen molar-refractivity contribution in [3.63, 3.8) is 0 Å². The van der Waals surface area contributed by atoms with Crippen LogP contribution in [0, 0.1) is 0 Å². The second kappa shape index (κ2) is 9.17. The molecule has 0 aliphatic heterocycles. The molecule has 1 aliphatic carbocycles. The van der Waals surface area contributed by atoms with E-state index in [1.54, 1.807) is 11.3 Å². The molecule has 0 spiro atoms. The molecule has 3 rings (SSSR count). The quantitative estimate of drug-likeness (QED) is 0.757. The molecule has 1 aromatic heterocycles. The fraction of sp³-hybridized carbons (Fsp3) is 0.524. The Hall–Kier alpha value is -1.88. The fourth-order valence-electron chi connectivity index (χ4n) is 3.20. The van der Waals surface area contributed by atoms with Gasteiger partial charge in [-0.25, -0.2) is 4.98 Å². The van der Waals surface area contributed by atoms with Crippen molar-refractivity contribution in [1.82, 2.24) is 10.3 Å². The van der Waals surface area contributed by atoms with E-state index in [0.29, 0.717) is 25.0 Å². The lowest BCUT2D eigenvalue weighted by molar-refractivity contribution is -0.120. The van der Waals surface area contributed by atoms with Crippen molar-refractivity contribution >= 4 is 17.2 Å². The van der Waals surface area contributed by atoms with Gasteiger partial charge in [0.05, 0.1) is 23.2 Å². The minimum absolute atomic E-state index is 0.00390. The zero-order valence-electron chi connectivity index (χ0n) is 15.7. The smallest absolute Gasteiger partial charge is 0.226 e. The normalized spacial score (nSPS) is 15.2. The molecule has 1 saturated carbocycles. The van der Waals surface area contributed by atoms with Crippen LogP contribution in [0.25, 0.3) is 0 Å². The number of ether oxygens (including phenoxy) is 1. The third-order valence-corrected chi connectivity index (χ3v) is 5.84. The van der Waals surface area contributed by atoms with Crippen molar-refractivity contribution in [3.05, 3.63) is 45.9 Å². The molecule has 1 amide bonds. The molecule has 0 atom stereocenters. The van der Waals surface area contributed by atoms with Crippen LogP contribution in [0.1, 0.15) is 68.1 Å². The first kappa shape index (κ1) is 18.9. The molecule has 1 heterocycles. The highest BCUT2D eigenvalue weighted by Crippen LogP contribution is 2.24. The van der Waals surface area contributed by atoms with Crippen molar-refractivity contribution in [2.24, 2.45) is 0 Å². The van der Waals surface area contributed by atoms with E-state index in [9.17, 15) is 4.79 Å². The van der Waals surface area contributed by atoms with E-state index in [1.807, 2.05) is 29.6 Å². The molecule has 2 aromatic rings. The van der Waals surface area contributed by atoms with E-state index < -0.39 is 0 Å². The molecule has 0 saturated heterocycles. The van der Waals surface area contributed by atoms with Gasteiger partial charge in [-0.3, -0.25) is 4.79 Å². The number of thiazole rings is 1. The third-order valence-electron chi connectivity index (χ3n) is 4.65. The third kappa shape index (κ3) is 5.56. The minimum Gasteiger partial charge on any atom is -0.490 e. The molecular weight excluding hydrogens is 344 g/mol. The summed E-state index contributed by atoms with van der Waals surface area (Å²) in [5.41, 5.74) is 1.92. The summed E-state index contributed by atoms with van der Waals surface area (Å²) in [6.45, 7) is 4.75. The average molecular weight is 373 g/mol. The molecule has 1 aromatic carbocycles. The Bertz CT molecular complexity index is 720. The van der Waals surface area contributed by atoms with Gasteiger partial charge in [0.25, 0.3) is 0 Å². The second-order valence-electron chi connectivity index (χ2n) is 7.31. The van der Waals surface area contributed by atoms with Crippen LogP contribution in [0.4, 0.5) is 0 Å². The van der Waals surface area contributed by atoms with Gasteiger partial charge in [-0.05, 0) is 43.4 Å². The zero-order valence-corrected chi connectivity index (χ0v) is 16.5. The predicted molar refractivity (Wildman–Crippen MR) is 106 cm³/mol. The second-order valence-corrected chi connectivity index (χ2v) is 8.20. The summed E-state index contributed by atoms with van der Waals surface area (Å²) >= 11 is 1.62. The van der Waals surface area contributed by atoms with Gasteiger partial charge in [0, 0.05) is 17.8 Å². The van der Waals surface area contributed by atoms with Gasteiger partial charge in [-0.2, -0.15) is 0 Å². The molecule has 1 aliphatic rings. The van der Waals surface area contributed by atoms with Crippen LogP contribution >= 0.6 is 11.3 Å². The van der Waals surface area contributed by atoms with Crippen molar-refractivity contribution in [2.45, 2.75) is 70.9 Å². The first-order chi connectivity index (χ1) is 12.6. The Morgan fingerprint density at radius 1 is 1.31 bits per heavy atom. The summed E-state index contributed by atoms with van der Waals surface area (Å²) in [6, 6.07) is 8.06. The summed E-state index contributed by atoms with van der Waals surface area (Å²) in [5, 5.41) is 6.05. The van der Waals surface area contributed by atoms with Gasteiger partial charge < -0.3 is 10.1 Å². The molecular formula is C21H28N2O2S. The number of benzene rings is 1. The van der Waals surface area contributed by atoms with Gasteiger partial charge in [0.15, 0.2) is 0 Å². The lowest BCUT2D eigenvalue weighted by Gasteiger charge is -2.23. The first-order valence-corrected chi connectivity index (χ1v) is 10.4. The number of nitrogens with zero attached hydrogens (tertiary/aromatic N) is 1. The van der Waals surface area contributed by atoms with Crippen LogP contribution in [0.2, 0.25) is 0 Å². The standard InChI is InChI=1S/C21H28N2O2S/c1-15(2)21-23-17(14-26-21)12-20(24)22-13-16-7-6-10-19(11-16)25-18-8-4-3-5-9-18/h6-7,10-11,14-15,18H,3-5,8-9,12-13H2,1-2H3,(H,22,24). The monoisotopic (exact) mass is 372 g/mol. The SMILES string of the molecule is CC(C)c1nc(CC(=O)NCc2cccc(OC3CCCCC3)c2)cs1. The fourth-order valence-corrected chi connectivity index (χ4v) is 4.04. The Balaban J connectivity index is 1.48. The molecule has 4 nitrogen and oxygen atoms in total. The van der Waals surface area contributed by atoms with Crippen LogP contribution in [-0.4, -0.2) is 17.0 Å². The maximum Gasteiger partial charge on any atom is 0.226 e. The summed E-state index contributed by atoms with van der Waals surface area (Å²) in [5.74, 6) is 1.32. The van der Waals surface area contributed by atoms with Crippen LogP contribution in [0.5, 0.6) is 5.75 Å². The molecule has 1 fully saturated rings. The highest BCUT2D eigenvalue weighted by Gasteiger charge is 2.15. The highest BCUT2D eigenvalue weighted by molar-refractivity contribution is 7.09. The molecule has 0 bridgehead atoms. The first-order valence-electron chi connectivity index (χ1n) is 9.57. The number of hydrogen-bond acceptors (Lipinski definition) is 4. The van der Waals surface area contributed by atoms with E-state index in [4.69, 9.17) is 4.74 Å². The Labute approximate surface area is 160 Å². The number of hydrogen-bond donors (Lipinski definition) is 1.